The summed E-state index contributed by atoms with van der Waals surface area (Å²) in [5, 5.41) is 1.44. The number of para-hydroxylation sites is 1. The third-order valence-electron chi connectivity index (χ3n) is 3.37. The number of hydrogen-bond donors (Lipinski definition) is 0. The standard InChI is InChI=1S/C15H18NOSi/c1-18(2,3)15-10-6-8-13-12-7-4-5-9-14(12)17-11-16(13)15/h4-10H,11H2,1-3H3/q+1. The van der Waals surface area contributed by atoms with Crippen molar-refractivity contribution in [2.75, 3.05) is 0 Å². The number of benzene rings is 1. The molecule has 0 N–H and O–H groups in total. The van der Waals surface area contributed by atoms with Gasteiger partial charge in [-0.25, -0.2) is 0 Å². The largest absolute Gasteiger partial charge is 0.435 e. The first-order valence-electron chi connectivity index (χ1n) is 6.33. The van der Waals surface area contributed by atoms with Crippen LogP contribution in [0.25, 0.3) is 11.3 Å². The summed E-state index contributed by atoms with van der Waals surface area (Å²) in [4.78, 5) is 0. The van der Waals surface area contributed by atoms with Crippen LogP contribution in [0.15, 0.2) is 42.5 Å². The average molecular weight is 256 g/mol. The van der Waals surface area contributed by atoms with Crippen molar-refractivity contribution < 1.29 is 9.30 Å². The van der Waals surface area contributed by atoms with Crippen LogP contribution in [-0.4, -0.2) is 8.07 Å². The number of hydrogen-bond acceptors (Lipinski definition) is 1. The molecule has 92 valence electrons. The first-order chi connectivity index (χ1) is 8.57. The molecule has 2 heterocycles. The van der Waals surface area contributed by atoms with Crippen LogP contribution in [0.3, 0.4) is 0 Å². The summed E-state index contributed by atoms with van der Waals surface area (Å²) in [5.41, 5.74) is 2.47. The fourth-order valence-corrected chi connectivity index (χ4v) is 4.10. The van der Waals surface area contributed by atoms with Gasteiger partial charge in [0, 0.05) is 6.07 Å². The number of nitrogens with zero attached hydrogens (tertiary/aromatic N) is 1. The van der Waals surface area contributed by atoms with Gasteiger partial charge >= 0.3 is 0 Å². The van der Waals surface area contributed by atoms with Crippen LogP contribution >= 0.6 is 0 Å². The molecule has 0 saturated carbocycles. The zero-order valence-electron chi connectivity index (χ0n) is 11.1. The van der Waals surface area contributed by atoms with Crippen molar-refractivity contribution in [3.05, 3.63) is 42.5 Å². The van der Waals surface area contributed by atoms with Crippen molar-refractivity contribution in [3.8, 4) is 17.0 Å². The third kappa shape index (κ3) is 1.75. The maximum Gasteiger partial charge on any atom is 0.292 e. The minimum absolute atomic E-state index is 0.632. The molecule has 1 aliphatic rings. The van der Waals surface area contributed by atoms with Gasteiger partial charge in [-0.05, 0) is 24.3 Å². The minimum atomic E-state index is -1.35. The molecule has 2 aromatic rings. The number of ether oxygens (including phenoxy) is 1. The molecule has 0 saturated heterocycles. The molecule has 0 aliphatic carbocycles. The summed E-state index contributed by atoms with van der Waals surface area (Å²) in [7, 11) is -1.35. The van der Waals surface area contributed by atoms with E-state index in [2.05, 4.69) is 54.5 Å². The smallest absolute Gasteiger partial charge is 0.292 e. The number of fused-ring (bicyclic) bond motifs is 3. The van der Waals surface area contributed by atoms with E-state index in [4.69, 9.17) is 4.74 Å². The summed E-state index contributed by atoms with van der Waals surface area (Å²) in [6, 6.07) is 14.9. The van der Waals surface area contributed by atoms with E-state index in [1.165, 1.54) is 16.6 Å². The Bertz CT molecular complexity index is 602. The van der Waals surface area contributed by atoms with Gasteiger partial charge in [-0.15, -0.1) is 0 Å². The highest BCUT2D eigenvalue weighted by molar-refractivity contribution is 6.87. The third-order valence-corrected chi connectivity index (χ3v) is 5.34. The summed E-state index contributed by atoms with van der Waals surface area (Å²) in [5.74, 6) is 0.991. The maximum absolute atomic E-state index is 5.87. The Morgan fingerprint density at radius 2 is 1.78 bits per heavy atom. The fourth-order valence-electron chi connectivity index (χ4n) is 2.51. The number of pyridine rings is 1. The van der Waals surface area contributed by atoms with Gasteiger partial charge < -0.3 is 4.74 Å². The molecule has 0 spiro atoms. The average Bonchev–Trinajstić information content (AvgIpc) is 2.36. The lowest BCUT2D eigenvalue weighted by Gasteiger charge is -2.21. The zero-order chi connectivity index (χ0) is 12.8. The molecule has 0 amide bonds. The second kappa shape index (κ2) is 3.95. The predicted molar refractivity (Wildman–Crippen MR) is 75.7 cm³/mol. The highest BCUT2D eigenvalue weighted by Crippen LogP contribution is 2.29. The monoisotopic (exact) mass is 256 g/mol. The Balaban J connectivity index is 2.25. The van der Waals surface area contributed by atoms with Gasteiger partial charge in [0.15, 0.2) is 13.4 Å². The molecule has 3 rings (SSSR count). The van der Waals surface area contributed by atoms with Gasteiger partial charge in [-0.1, -0.05) is 31.8 Å². The molecule has 1 aliphatic heterocycles. The van der Waals surface area contributed by atoms with Crippen LogP contribution in [-0.2, 0) is 6.73 Å². The van der Waals surface area contributed by atoms with Gasteiger partial charge in [0.2, 0.25) is 5.69 Å². The molecule has 0 bridgehead atoms. The van der Waals surface area contributed by atoms with E-state index < -0.39 is 8.07 Å². The quantitative estimate of drug-likeness (QED) is 0.564. The van der Waals surface area contributed by atoms with Crippen LogP contribution in [0.4, 0.5) is 0 Å². The topological polar surface area (TPSA) is 13.1 Å². The van der Waals surface area contributed by atoms with Gasteiger partial charge in [-0.2, -0.15) is 4.57 Å². The molecular formula is C15H18NOSi+. The Morgan fingerprint density at radius 3 is 2.56 bits per heavy atom. The van der Waals surface area contributed by atoms with Crippen molar-refractivity contribution in [2.24, 2.45) is 0 Å². The molecule has 2 nitrogen and oxygen atoms in total. The Labute approximate surface area is 109 Å². The maximum atomic E-state index is 5.87. The van der Waals surface area contributed by atoms with E-state index in [1.54, 1.807) is 0 Å². The van der Waals surface area contributed by atoms with Crippen molar-refractivity contribution >= 4 is 13.4 Å². The SMILES string of the molecule is C[Si](C)(C)c1cccc2[n+]1COc1ccccc1-2. The molecule has 1 aromatic carbocycles. The Morgan fingerprint density at radius 1 is 1.00 bits per heavy atom. The minimum Gasteiger partial charge on any atom is -0.435 e. The van der Waals surface area contributed by atoms with Crippen LogP contribution in [0.5, 0.6) is 5.75 Å². The van der Waals surface area contributed by atoms with Crippen LogP contribution in [0.1, 0.15) is 0 Å². The van der Waals surface area contributed by atoms with Crippen molar-refractivity contribution in [1.82, 2.24) is 0 Å². The number of rotatable bonds is 1. The predicted octanol–water partition coefficient (Wildman–Crippen LogP) is 2.54. The van der Waals surface area contributed by atoms with E-state index >= 15 is 0 Å². The van der Waals surface area contributed by atoms with Gasteiger partial charge in [0.1, 0.15) is 5.75 Å². The van der Waals surface area contributed by atoms with E-state index in [0.717, 1.165) is 5.75 Å². The van der Waals surface area contributed by atoms with Crippen molar-refractivity contribution in [1.29, 1.82) is 0 Å². The van der Waals surface area contributed by atoms with Crippen molar-refractivity contribution in [3.63, 3.8) is 0 Å². The first kappa shape index (κ1) is 11.5. The first-order valence-corrected chi connectivity index (χ1v) is 9.83. The molecule has 0 unspecified atom stereocenters. The molecule has 1 aromatic heterocycles. The highest BCUT2D eigenvalue weighted by atomic mass is 28.3. The fraction of sp³-hybridized carbons (Fsp3) is 0.267. The Hall–Kier alpha value is -1.61. The normalized spacial score (nSPS) is 13.5. The summed E-state index contributed by atoms with van der Waals surface area (Å²) >= 11 is 0. The second-order valence-electron chi connectivity index (χ2n) is 5.74. The lowest BCUT2D eigenvalue weighted by molar-refractivity contribution is -0.702. The van der Waals surface area contributed by atoms with Crippen LogP contribution < -0.4 is 14.6 Å². The zero-order valence-corrected chi connectivity index (χ0v) is 12.1. The molecular weight excluding hydrogens is 238 g/mol. The van der Waals surface area contributed by atoms with E-state index in [-0.39, 0.29) is 0 Å². The van der Waals surface area contributed by atoms with E-state index in [1.807, 2.05) is 12.1 Å². The molecule has 0 atom stereocenters. The molecule has 3 heteroatoms. The molecule has 18 heavy (non-hydrogen) atoms. The highest BCUT2D eigenvalue weighted by Gasteiger charge is 2.33. The molecule has 0 radical (unpaired) electrons. The van der Waals surface area contributed by atoms with Gasteiger partial charge in [0.25, 0.3) is 6.73 Å². The van der Waals surface area contributed by atoms with Gasteiger partial charge in [0.05, 0.1) is 5.56 Å². The lowest BCUT2D eigenvalue weighted by atomic mass is 10.1. The second-order valence-corrected chi connectivity index (χ2v) is 10.8. The lowest BCUT2D eigenvalue weighted by Crippen LogP contribution is -2.63. The summed E-state index contributed by atoms with van der Waals surface area (Å²) < 4.78 is 8.20. The Kier molecular flexibility index (Phi) is 2.52. The van der Waals surface area contributed by atoms with Crippen LogP contribution in [0, 0.1) is 0 Å². The summed E-state index contributed by atoms with van der Waals surface area (Å²) in [6.45, 7) is 7.75. The van der Waals surface area contributed by atoms with Crippen molar-refractivity contribution in [2.45, 2.75) is 26.4 Å². The molecule has 0 fully saturated rings. The van der Waals surface area contributed by atoms with E-state index in [0.29, 0.717) is 6.73 Å². The number of aromatic nitrogens is 1. The van der Waals surface area contributed by atoms with Gasteiger partial charge in [-0.3, -0.25) is 0 Å². The van der Waals surface area contributed by atoms with E-state index in [9.17, 15) is 0 Å². The van der Waals surface area contributed by atoms with Crippen LogP contribution in [0.2, 0.25) is 19.6 Å². The summed E-state index contributed by atoms with van der Waals surface area (Å²) in [6.07, 6.45) is 0.